The first-order valence-corrected chi connectivity index (χ1v) is 10.3. The number of hydrogen-bond acceptors (Lipinski definition) is 6. The molecule has 0 saturated carbocycles. The molecule has 1 aromatic heterocycles. The third-order valence-electron chi connectivity index (χ3n) is 4.61. The van der Waals surface area contributed by atoms with Crippen molar-refractivity contribution < 1.29 is 17.8 Å². The van der Waals surface area contributed by atoms with Crippen molar-refractivity contribution in [3.63, 3.8) is 0 Å². The average Bonchev–Trinajstić information content (AvgIpc) is 2.92. The number of aliphatic imine (C=N–C) groups is 1. The maximum Gasteiger partial charge on any atom is 0.277 e. The molecule has 1 unspecified atom stereocenters. The number of guanidine groups is 1. The number of benzene rings is 1. The van der Waals surface area contributed by atoms with E-state index in [2.05, 4.69) is 21.2 Å². The molecule has 2 aromatic rings. The van der Waals surface area contributed by atoms with Crippen LogP contribution in [-0.4, -0.2) is 44.0 Å². The Hall–Kier alpha value is -2.88. The number of oxazole rings is 1. The van der Waals surface area contributed by atoms with E-state index in [1.54, 1.807) is 20.8 Å². The van der Waals surface area contributed by atoms with Crippen LogP contribution in [-0.2, 0) is 15.2 Å². The van der Waals surface area contributed by atoms with Gasteiger partial charge in [0.15, 0.2) is 11.6 Å². The number of carbonyl (C=O) groups is 1. The number of aryl methyl sites for hydroxylation is 2. The number of amides is 1. The van der Waals surface area contributed by atoms with Gasteiger partial charge in [0.2, 0.25) is 5.96 Å². The molecule has 150 valence electrons. The third kappa shape index (κ3) is 3.47. The summed E-state index contributed by atoms with van der Waals surface area (Å²) in [7, 11) is -1.23. The molecule has 1 amide bonds. The molecule has 2 heterocycles. The lowest BCUT2D eigenvalue weighted by atomic mass is 9.93. The molecule has 0 saturated heterocycles. The van der Waals surface area contributed by atoms with Crippen LogP contribution in [0.4, 0.5) is 10.1 Å². The minimum Gasteiger partial charge on any atom is -0.445 e. The summed E-state index contributed by atoms with van der Waals surface area (Å²) in [6.45, 7) is 4.90. The molecule has 0 radical (unpaired) electrons. The Labute approximate surface area is 162 Å². The molecule has 8 nitrogen and oxygen atoms in total. The Morgan fingerprint density at radius 3 is 2.71 bits per heavy atom. The molecular formula is C18H22FN5O3S. The average molecular weight is 407 g/mol. The van der Waals surface area contributed by atoms with Crippen molar-refractivity contribution in [1.29, 1.82) is 0 Å². The molecule has 2 atom stereocenters. The number of anilines is 1. The first-order chi connectivity index (χ1) is 12.9. The number of nitrogens with zero attached hydrogens (tertiary/aromatic N) is 3. The van der Waals surface area contributed by atoms with Gasteiger partial charge < -0.3 is 15.5 Å². The van der Waals surface area contributed by atoms with Crippen LogP contribution >= 0.6 is 0 Å². The minimum absolute atomic E-state index is 0.0104. The highest BCUT2D eigenvalue weighted by atomic mass is 32.2. The van der Waals surface area contributed by atoms with E-state index in [4.69, 9.17) is 10.2 Å². The van der Waals surface area contributed by atoms with Crippen LogP contribution < -0.4 is 11.1 Å². The third-order valence-corrected chi connectivity index (χ3v) is 6.81. The zero-order valence-corrected chi connectivity index (χ0v) is 16.9. The summed E-state index contributed by atoms with van der Waals surface area (Å²) in [5.74, 6) is 3.43. The molecule has 0 fully saturated rings. The van der Waals surface area contributed by atoms with Crippen LogP contribution in [0.2, 0.25) is 0 Å². The molecule has 0 aliphatic carbocycles. The standard InChI is InChI=1S/C18H22FN5O3S/c1-10-15(21-11(2)27-10)16(25)22-12-6-7-14(19)13(8-12)18(3)9-28(5,26)24(4)17(20)23-18/h6-8H,5,9H2,1-4H3,(H2,20,23)(H,22,25)/t18-,28?/m0/s1. The van der Waals surface area contributed by atoms with E-state index in [1.165, 1.54) is 29.6 Å². The SMILES string of the molecule is C=S1(=O)C[C@@](C)(c2cc(NC(=O)c3nc(C)oc3C)ccc2F)N=C(N)N1C. The van der Waals surface area contributed by atoms with E-state index < -0.39 is 27.0 Å². The smallest absolute Gasteiger partial charge is 0.277 e. The molecule has 1 aromatic carbocycles. The molecule has 3 rings (SSSR count). The molecule has 0 bridgehead atoms. The summed E-state index contributed by atoms with van der Waals surface area (Å²) in [5, 5.41) is 2.67. The van der Waals surface area contributed by atoms with E-state index in [9.17, 15) is 13.4 Å². The van der Waals surface area contributed by atoms with E-state index in [0.717, 1.165) is 0 Å². The van der Waals surface area contributed by atoms with Gasteiger partial charge in [0.05, 0.1) is 15.5 Å². The largest absolute Gasteiger partial charge is 0.445 e. The van der Waals surface area contributed by atoms with Crippen LogP contribution in [0.15, 0.2) is 27.6 Å². The fourth-order valence-electron chi connectivity index (χ4n) is 3.15. The number of aromatic nitrogens is 1. The minimum atomic E-state index is -2.76. The first-order valence-electron chi connectivity index (χ1n) is 8.42. The first kappa shape index (κ1) is 19.9. The van der Waals surface area contributed by atoms with E-state index in [0.29, 0.717) is 17.3 Å². The Balaban J connectivity index is 1.98. The maximum atomic E-state index is 14.6. The lowest BCUT2D eigenvalue weighted by Crippen LogP contribution is -2.50. The van der Waals surface area contributed by atoms with E-state index >= 15 is 0 Å². The Morgan fingerprint density at radius 2 is 2.14 bits per heavy atom. The highest BCUT2D eigenvalue weighted by Gasteiger charge is 2.38. The lowest BCUT2D eigenvalue weighted by Gasteiger charge is -2.37. The zero-order valence-electron chi connectivity index (χ0n) is 16.1. The fourth-order valence-corrected chi connectivity index (χ4v) is 4.82. The zero-order chi connectivity index (χ0) is 20.9. The molecule has 1 aliphatic rings. The number of nitrogens with one attached hydrogen (secondary N) is 1. The van der Waals surface area contributed by atoms with Crippen LogP contribution in [0.25, 0.3) is 0 Å². The number of halogens is 1. The van der Waals surface area contributed by atoms with Crippen LogP contribution in [0.5, 0.6) is 0 Å². The molecule has 3 N–H and O–H groups in total. The second-order valence-electron chi connectivity index (χ2n) is 6.94. The van der Waals surface area contributed by atoms with Crippen molar-refractivity contribution in [1.82, 2.24) is 9.29 Å². The molecular weight excluding hydrogens is 385 g/mol. The lowest BCUT2D eigenvalue weighted by molar-refractivity contribution is 0.102. The summed E-state index contributed by atoms with van der Waals surface area (Å²) >= 11 is 0. The van der Waals surface area contributed by atoms with Crippen LogP contribution in [0.1, 0.15) is 34.6 Å². The van der Waals surface area contributed by atoms with Gasteiger partial charge in [-0.3, -0.25) is 9.10 Å². The van der Waals surface area contributed by atoms with Gasteiger partial charge in [0.25, 0.3) is 5.91 Å². The van der Waals surface area contributed by atoms with Crippen LogP contribution in [0.3, 0.4) is 0 Å². The molecule has 1 aliphatic heterocycles. The van der Waals surface area contributed by atoms with Gasteiger partial charge in [0.1, 0.15) is 17.1 Å². The highest BCUT2D eigenvalue weighted by Crippen LogP contribution is 2.34. The van der Waals surface area contributed by atoms with Gasteiger partial charge in [-0.1, -0.05) is 0 Å². The summed E-state index contributed by atoms with van der Waals surface area (Å²) in [4.78, 5) is 20.8. The second-order valence-corrected chi connectivity index (χ2v) is 9.33. The predicted molar refractivity (Wildman–Crippen MR) is 107 cm³/mol. The quantitative estimate of drug-likeness (QED) is 0.753. The number of hydrogen-bond donors (Lipinski definition) is 2. The monoisotopic (exact) mass is 407 g/mol. The van der Waals surface area contributed by atoms with Crippen molar-refractivity contribution in [2.75, 3.05) is 18.1 Å². The normalized spacial score (nSPS) is 24.8. The molecule has 28 heavy (non-hydrogen) atoms. The van der Waals surface area contributed by atoms with Gasteiger partial charge in [-0.05, 0) is 37.9 Å². The number of nitrogens with two attached hydrogens (primary N) is 1. The van der Waals surface area contributed by atoms with E-state index in [1.807, 2.05) is 0 Å². The molecule has 10 heteroatoms. The summed E-state index contributed by atoms with van der Waals surface area (Å²) in [6, 6.07) is 4.09. The fraction of sp³-hybridized carbons (Fsp3) is 0.333. The van der Waals surface area contributed by atoms with Gasteiger partial charge >= 0.3 is 0 Å². The Kier molecular flexibility index (Phi) is 4.70. The summed E-state index contributed by atoms with van der Waals surface area (Å²) in [5.41, 5.74) is 5.33. The number of carbonyl (C=O) groups excluding carboxylic acids is 1. The van der Waals surface area contributed by atoms with E-state index in [-0.39, 0.29) is 23.0 Å². The van der Waals surface area contributed by atoms with Gasteiger partial charge in [-0.25, -0.2) is 18.6 Å². The Morgan fingerprint density at radius 1 is 1.46 bits per heavy atom. The van der Waals surface area contributed by atoms with Gasteiger partial charge in [-0.15, -0.1) is 0 Å². The van der Waals surface area contributed by atoms with Crippen molar-refractivity contribution in [2.24, 2.45) is 10.7 Å². The van der Waals surface area contributed by atoms with Crippen molar-refractivity contribution in [3.05, 3.63) is 46.9 Å². The second kappa shape index (κ2) is 6.62. The van der Waals surface area contributed by atoms with Crippen molar-refractivity contribution in [2.45, 2.75) is 26.3 Å². The van der Waals surface area contributed by atoms with Crippen molar-refractivity contribution in [3.8, 4) is 0 Å². The Bertz CT molecular complexity index is 1090. The summed E-state index contributed by atoms with van der Waals surface area (Å²) in [6.07, 6.45) is 0. The topological polar surface area (TPSA) is 114 Å². The van der Waals surface area contributed by atoms with Gasteiger partial charge in [-0.2, -0.15) is 0 Å². The van der Waals surface area contributed by atoms with Crippen molar-refractivity contribution >= 4 is 33.1 Å². The summed E-state index contributed by atoms with van der Waals surface area (Å²) < 4.78 is 34.0. The van der Waals surface area contributed by atoms with Crippen LogP contribution in [0, 0.1) is 19.7 Å². The maximum absolute atomic E-state index is 14.6. The predicted octanol–water partition coefficient (Wildman–Crippen LogP) is 1.79. The van der Waals surface area contributed by atoms with Gasteiger partial charge in [0, 0.05) is 25.2 Å². The molecule has 0 spiro atoms. The highest BCUT2D eigenvalue weighted by molar-refractivity contribution is 7.98. The number of rotatable bonds is 3.